The van der Waals surface area contributed by atoms with E-state index in [1.54, 1.807) is 0 Å². The average Bonchev–Trinajstić information content (AvgIpc) is 2.37. The quantitative estimate of drug-likeness (QED) is 0.462. The Balaban J connectivity index is 2.27. The van der Waals surface area contributed by atoms with Gasteiger partial charge in [0, 0.05) is 0 Å². The number of hydrogen-bond acceptors (Lipinski definition) is 1. The molecule has 0 aliphatic rings. The molecule has 1 aromatic heterocycles. The van der Waals surface area contributed by atoms with E-state index in [4.69, 9.17) is 4.74 Å². The smallest absolute Gasteiger partial charge is 0.245 e. The van der Waals surface area contributed by atoms with Crippen molar-refractivity contribution in [3.05, 3.63) is 18.7 Å². The monoisotopic (exact) mass is 155 g/mol. The predicted octanol–water partition coefficient (Wildman–Crippen LogP) is 0.697. The Hall–Kier alpha value is -0.830. The van der Waals surface area contributed by atoms with Gasteiger partial charge in [-0.05, 0) is 6.42 Å². The lowest BCUT2D eigenvalue weighted by molar-refractivity contribution is -0.671. The summed E-state index contributed by atoms with van der Waals surface area (Å²) in [4.78, 5) is 0. The van der Waals surface area contributed by atoms with E-state index in [0.717, 1.165) is 13.0 Å². The molecule has 3 nitrogen and oxygen atoms in total. The Kier molecular flexibility index (Phi) is 3.11. The first kappa shape index (κ1) is 8.27. The summed E-state index contributed by atoms with van der Waals surface area (Å²) >= 11 is 0. The highest BCUT2D eigenvalue weighted by Gasteiger charge is 1.97. The SMILES string of the molecule is CCCOCn1cc[n+](C)c1. The molecule has 0 atom stereocenters. The fourth-order valence-corrected chi connectivity index (χ4v) is 0.892. The van der Waals surface area contributed by atoms with Crippen LogP contribution in [0.5, 0.6) is 0 Å². The van der Waals surface area contributed by atoms with Gasteiger partial charge in [0.2, 0.25) is 6.33 Å². The normalized spacial score (nSPS) is 10.4. The zero-order chi connectivity index (χ0) is 8.10. The molecule has 0 saturated heterocycles. The first-order valence-electron chi connectivity index (χ1n) is 3.91. The van der Waals surface area contributed by atoms with Crippen molar-refractivity contribution in [3.63, 3.8) is 0 Å². The van der Waals surface area contributed by atoms with E-state index in [2.05, 4.69) is 6.92 Å². The third-order valence-corrected chi connectivity index (χ3v) is 1.41. The highest BCUT2D eigenvalue weighted by molar-refractivity contribution is 4.63. The van der Waals surface area contributed by atoms with E-state index in [1.165, 1.54) is 0 Å². The Bertz CT molecular complexity index is 208. The van der Waals surface area contributed by atoms with Gasteiger partial charge in [-0.3, -0.25) is 0 Å². The average molecular weight is 155 g/mol. The van der Waals surface area contributed by atoms with Crippen LogP contribution in [0.25, 0.3) is 0 Å². The molecule has 0 amide bonds. The lowest BCUT2D eigenvalue weighted by Gasteiger charge is -1.96. The Labute approximate surface area is 67.2 Å². The van der Waals surface area contributed by atoms with Gasteiger partial charge in [-0.15, -0.1) is 0 Å². The van der Waals surface area contributed by atoms with Crippen LogP contribution in [0.3, 0.4) is 0 Å². The third kappa shape index (κ3) is 2.72. The number of aromatic nitrogens is 2. The first-order valence-corrected chi connectivity index (χ1v) is 3.91. The highest BCUT2D eigenvalue weighted by atomic mass is 16.5. The van der Waals surface area contributed by atoms with Gasteiger partial charge in [-0.25, -0.2) is 9.13 Å². The van der Waals surface area contributed by atoms with Crippen molar-refractivity contribution in [1.82, 2.24) is 4.57 Å². The Morgan fingerprint density at radius 2 is 2.36 bits per heavy atom. The van der Waals surface area contributed by atoms with Gasteiger partial charge >= 0.3 is 0 Å². The van der Waals surface area contributed by atoms with Gasteiger partial charge < -0.3 is 4.74 Å². The van der Waals surface area contributed by atoms with Crippen molar-refractivity contribution in [2.45, 2.75) is 20.1 Å². The topological polar surface area (TPSA) is 18.0 Å². The molecule has 0 N–H and O–H groups in total. The van der Waals surface area contributed by atoms with Gasteiger partial charge in [0.25, 0.3) is 0 Å². The summed E-state index contributed by atoms with van der Waals surface area (Å²) in [5, 5.41) is 0. The van der Waals surface area contributed by atoms with E-state index >= 15 is 0 Å². The number of hydrogen-bond donors (Lipinski definition) is 0. The fraction of sp³-hybridized carbons (Fsp3) is 0.625. The fourth-order valence-electron chi connectivity index (χ4n) is 0.892. The molecule has 0 unspecified atom stereocenters. The molecular weight excluding hydrogens is 140 g/mol. The van der Waals surface area contributed by atoms with Crippen LogP contribution in [0.2, 0.25) is 0 Å². The third-order valence-electron chi connectivity index (χ3n) is 1.41. The molecule has 1 heterocycles. The standard InChI is InChI=1S/C8H15N2O/c1-3-6-11-8-10-5-4-9(2)7-10/h4-5,7H,3,6,8H2,1-2H3/q+1. The molecule has 1 aromatic rings. The maximum Gasteiger partial charge on any atom is 0.245 e. The second-order valence-corrected chi connectivity index (χ2v) is 2.63. The highest BCUT2D eigenvalue weighted by Crippen LogP contribution is 1.86. The van der Waals surface area contributed by atoms with Gasteiger partial charge in [0.15, 0.2) is 6.73 Å². The van der Waals surface area contributed by atoms with E-state index in [-0.39, 0.29) is 0 Å². The van der Waals surface area contributed by atoms with Crippen LogP contribution in [0.1, 0.15) is 13.3 Å². The summed E-state index contributed by atoms with van der Waals surface area (Å²) in [5.74, 6) is 0. The lowest BCUT2D eigenvalue weighted by atomic mass is 10.5. The van der Waals surface area contributed by atoms with Crippen LogP contribution in [-0.4, -0.2) is 11.2 Å². The molecule has 0 aliphatic heterocycles. The molecule has 0 spiro atoms. The van der Waals surface area contributed by atoms with Crippen molar-refractivity contribution < 1.29 is 9.30 Å². The largest absolute Gasteiger partial charge is 0.342 e. The first-order chi connectivity index (χ1) is 5.33. The summed E-state index contributed by atoms with van der Waals surface area (Å²) in [6.07, 6.45) is 7.06. The number of aryl methyl sites for hydroxylation is 1. The van der Waals surface area contributed by atoms with E-state index < -0.39 is 0 Å². The molecule has 0 saturated carbocycles. The van der Waals surface area contributed by atoms with Crippen LogP contribution in [0, 0.1) is 0 Å². The summed E-state index contributed by atoms with van der Waals surface area (Å²) in [6.45, 7) is 3.60. The molecule has 11 heavy (non-hydrogen) atoms. The summed E-state index contributed by atoms with van der Waals surface area (Å²) in [6, 6.07) is 0. The molecule has 0 aliphatic carbocycles. The van der Waals surface area contributed by atoms with Crippen molar-refractivity contribution in [2.24, 2.45) is 7.05 Å². The molecule has 0 radical (unpaired) electrons. The number of rotatable bonds is 4. The molecule has 0 fully saturated rings. The van der Waals surface area contributed by atoms with Gasteiger partial charge in [-0.2, -0.15) is 0 Å². The molecular formula is C8H15N2O+. The van der Waals surface area contributed by atoms with Crippen molar-refractivity contribution in [3.8, 4) is 0 Å². The zero-order valence-electron chi connectivity index (χ0n) is 7.16. The lowest BCUT2D eigenvalue weighted by Crippen LogP contribution is -2.23. The van der Waals surface area contributed by atoms with Crippen molar-refractivity contribution in [2.75, 3.05) is 6.61 Å². The molecule has 62 valence electrons. The second kappa shape index (κ2) is 4.13. The number of imidazole rings is 1. The van der Waals surface area contributed by atoms with Crippen molar-refractivity contribution >= 4 is 0 Å². The summed E-state index contributed by atoms with van der Waals surface area (Å²) in [5.41, 5.74) is 0. The minimum atomic E-state index is 0.661. The number of nitrogens with zero attached hydrogens (tertiary/aromatic N) is 2. The van der Waals surface area contributed by atoms with Crippen molar-refractivity contribution in [1.29, 1.82) is 0 Å². The molecule has 1 rings (SSSR count). The number of ether oxygens (including phenoxy) is 1. The zero-order valence-corrected chi connectivity index (χ0v) is 7.16. The van der Waals surface area contributed by atoms with Crippen LogP contribution < -0.4 is 4.57 Å². The molecule has 3 heteroatoms. The Morgan fingerprint density at radius 1 is 1.55 bits per heavy atom. The maximum absolute atomic E-state index is 5.33. The molecule has 0 bridgehead atoms. The Morgan fingerprint density at radius 3 is 2.91 bits per heavy atom. The summed E-state index contributed by atoms with van der Waals surface area (Å²) in [7, 11) is 2.00. The van der Waals surface area contributed by atoms with Crippen LogP contribution in [0.15, 0.2) is 18.7 Å². The second-order valence-electron chi connectivity index (χ2n) is 2.63. The van der Waals surface area contributed by atoms with Crippen LogP contribution >= 0.6 is 0 Å². The van der Waals surface area contributed by atoms with Crippen LogP contribution in [-0.2, 0) is 18.5 Å². The van der Waals surface area contributed by atoms with Gasteiger partial charge in [0.1, 0.15) is 12.4 Å². The van der Waals surface area contributed by atoms with Crippen LogP contribution in [0.4, 0.5) is 0 Å². The van der Waals surface area contributed by atoms with E-state index in [0.29, 0.717) is 6.73 Å². The minimum absolute atomic E-state index is 0.661. The molecule has 0 aromatic carbocycles. The van der Waals surface area contributed by atoms with E-state index in [1.807, 2.05) is 34.9 Å². The summed E-state index contributed by atoms with van der Waals surface area (Å²) < 4.78 is 9.34. The van der Waals surface area contributed by atoms with Gasteiger partial charge in [0.05, 0.1) is 13.7 Å². The minimum Gasteiger partial charge on any atom is -0.342 e. The predicted molar refractivity (Wildman–Crippen MR) is 41.9 cm³/mol. The van der Waals surface area contributed by atoms with Gasteiger partial charge in [-0.1, -0.05) is 6.92 Å². The van der Waals surface area contributed by atoms with E-state index in [9.17, 15) is 0 Å². The maximum atomic E-state index is 5.33.